The van der Waals surface area contributed by atoms with Crippen LogP contribution in [0.15, 0.2) is 34.6 Å². The molecule has 0 spiro atoms. The van der Waals surface area contributed by atoms with Crippen molar-refractivity contribution in [1.29, 1.82) is 0 Å². The number of H-pyrrole nitrogens is 1. The van der Waals surface area contributed by atoms with E-state index in [1.807, 2.05) is 12.3 Å². The summed E-state index contributed by atoms with van der Waals surface area (Å²) in [7, 11) is 0. The molecule has 6 nitrogen and oxygen atoms in total. The minimum atomic E-state index is -1.06. The van der Waals surface area contributed by atoms with Crippen molar-refractivity contribution in [1.82, 2.24) is 14.5 Å². The van der Waals surface area contributed by atoms with Crippen LogP contribution in [0.4, 0.5) is 0 Å². The van der Waals surface area contributed by atoms with Gasteiger partial charge in [-0.1, -0.05) is 6.07 Å². The number of para-hydroxylation sites is 1. The molecule has 2 N–H and O–H groups in total. The zero-order valence-corrected chi connectivity index (χ0v) is 11.3. The lowest BCUT2D eigenvalue weighted by atomic mass is 10.1. The molecule has 7 heteroatoms. The number of nitrogens with zero attached hydrogens (tertiary/aromatic N) is 2. The Hall–Kier alpha value is -2.41. The van der Waals surface area contributed by atoms with Gasteiger partial charge >= 0.3 is 11.7 Å². The van der Waals surface area contributed by atoms with Crippen molar-refractivity contribution in [2.24, 2.45) is 0 Å². The van der Waals surface area contributed by atoms with Gasteiger partial charge in [0.1, 0.15) is 5.01 Å². The molecule has 0 saturated heterocycles. The van der Waals surface area contributed by atoms with Gasteiger partial charge in [0.05, 0.1) is 22.6 Å². The average molecular weight is 289 g/mol. The number of aromatic carboxylic acids is 1. The first-order valence-corrected chi connectivity index (χ1v) is 6.83. The summed E-state index contributed by atoms with van der Waals surface area (Å²) in [5.74, 6) is -1.06. The number of carboxylic acid groups (broad SMARTS) is 1. The molecule has 3 aromatic rings. The molecular formula is C13H11N3O3S. The lowest BCUT2D eigenvalue weighted by molar-refractivity contribution is 0.0698. The summed E-state index contributed by atoms with van der Waals surface area (Å²) in [6.45, 7) is 1.83. The number of hydrogen-bond donors (Lipinski definition) is 2. The fourth-order valence-electron chi connectivity index (χ4n) is 2.27. The van der Waals surface area contributed by atoms with E-state index >= 15 is 0 Å². The fourth-order valence-corrected chi connectivity index (χ4v) is 2.96. The Balaban J connectivity index is 2.32. The number of nitrogens with one attached hydrogen (secondary N) is 1. The fraction of sp³-hybridized carbons (Fsp3) is 0.154. The number of carboxylic acids is 1. The third kappa shape index (κ3) is 1.83. The van der Waals surface area contributed by atoms with Crippen LogP contribution in [0.25, 0.3) is 11.0 Å². The van der Waals surface area contributed by atoms with Crippen LogP contribution in [0.3, 0.4) is 0 Å². The zero-order chi connectivity index (χ0) is 14.3. The van der Waals surface area contributed by atoms with E-state index in [0.29, 0.717) is 11.0 Å². The van der Waals surface area contributed by atoms with Crippen molar-refractivity contribution in [3.8, 4) is 0 Å². The molecule has 3 rings (SSSR count). The Morgan fingerprint density at radius 1 is 1.50 bits per heavy atom. The second-order valence-electron chi connectivity index (χ2n) is 4.35. The van der Waals surface area contributed by atoms with E-state index in [-0.39, 0.29) is 17.3 Å². The molecule has 2 heterocycles. The second kappa shape index (κ2) is 4.61. The molecular weight excluding hydrogens is 278 g/mol. The first kappa shape index (κ1) is 12.6. The molecule has 2 aromatic heterocycles. The summed E-state index contributed by atoms with van der Waals surface area (Å²) in [5, 5.41) is 11.9. The number of carbonyl (C=O) groups is 1. The molecule has 0 amide bonds. The van der Waals surface area contributed by atoms with Crippen LogP contribution in [-0.2, 0) is 0 Å². The Labute approximate surface area is 117 Å². The zero-order valence-electron chi connectivity index (χ0n) is 10.5. The number of imidazole rings is 1. The van der Waals surface area contributed by atoms with Gasteiger partial charge in [-0.05, 0) is 19.1 Å². The van der Waals surface area contributed by atoms with Gasteiger partial charge in [-0.2, -0.15) is 0 Å². The largest absolute Gasteiger partial charge is 0.478 e. The van der Waals surface area contributed by atoms with Crippen LogP contribution in [0.1, 0.15) is 28.3 Å². The summed E-state index contributed by atoms with van der Waals surface area (Å²) in [4.78, 5) is 30.4. The lowest BCUT2D eigenvalue weighted by Gasteiger charge is -2.11. The lowest BCUT2D eigenvalue weighted by Crippen LogP contribution is -2.22. The molecule has 0 radical (unpaired) electrons. The van der Waals surface area contributed by atoms with E-state index in [2.05, 4.69) is 9.97 Å². The molecule has 1 unspecified atom stereocenters. The van der Waals surface area contributed by atoms with Crippen molar-refractivity contribution in [2.45, 2.75) is 13.0 Å². The Morgan fingerprint density at radius 3 is 2.95 bits per heavy atom. The predicted octanol–water partition coefficient (Wildman–Crippen LogP) is 2.09. The first-order chi connectivity index (χ1) is 9.59. The van der Waals surface area contributed by atoms with Gasteiger partial charge in [0, 0.05) is 11.6 Å². The average Bonchev–Trinajstić information content (AvgIpc) is 3.03. The molecule has 0 aliphatic rings. The topological polar surface area (TPSA) is 88.0 Å². The van der Waals surface area contributed by atoms with Crippen LogP contribution in [-0.4, -0.2) is 25.6 Å². The van der Waals surface area contributed by atoms with E-state index in [1.165, 1.54) is 22.0 Å². The van der Waals surface area contributed by atoms with Crippen molar-refractivity contribution in [3.05, 3.63) is 50.8 Å². The maximum absolute atomic E-state index is 12.1. The summed E-state index contributed by atoms with van der Waals surface area (Å²) in [6.07, 6.45) is 1.66. The number of benzene rings is 1. The van der Waals surface area contributed by atoms with Gasteiger partial charge < -0.3 is 10.1 Å². The van der Waals surface area contributed by atoms with E-state index in [4.69, 9.17) is 0 Å². The highest BCUT2D eigenvalue weighted by atomic mass is 32.1. The number of aromatic amines is 1. The second-order valence-corrected chi connectivity index (χ2v) is 5.28. The number of fused-ring (bicyclic) bond motifs is 1. The quantitative estimate of drug-likeness (QED) is 0.772. The van der Waals surface area contributed by atoms with E-state index in [9.17, 15) is 14.7 Å². The monoisotopic (exact) mass is 289 g/mol. The molecule has 102 valence electrons. The number of thiazole rings is 1. The highest BCUT2D eigenvalue weighted by Gasteiger charge is 2.21. The van der Waals surface area contributed by atoms with Crippen LogP contribution < -0.4 is 5.69 Å². The molecule has 20 heavy (non-hydrogen) atoms. The van der Waals surface area contributed by atoms with Crippen molar-refractivity contribution in [2.75, 3.05) is 0 Å². The van der Waals surface area contributed by atoms with Crippen molar-refractivity contribution in [3.63, 3.8) is 0 Å². The first-order valence-electron chi connectivity index (χ1n) is 5.95. The summed E-state index contributed by atoms with van der Waals surface area (Å²) in [6, 6.07) is 4.47. The Morgan fingerprint density at radius 2 is 2.30 bits per heavy atom. The van der Waals surface area contributed by atoms with Crippen LogP contribution in [0.5, 0.6) is 0 Å². The third-order valence-electron chi connectivity index (χ3n) is 3.16. The minimum absolute atomic E-state index is 0.101. The smallest absolute Gasteiger partial charge is 0.337 e. The summed E-state index contributed by atoms with van der Waals surface area (Å²) >= 11 is 1.43. The highest BCUT2D eigenvalue weighted by Crippen LogP contribution is 2.24. The highest BCUT2D eigenvalue weighted by molar-refractivity contribution is 7.09. The molecule has 0 saturated carbocycles. The molecule has 0 aliphatic heterocycles. The predicted molar refractivity (Wildman–Crippen MR) is 75.4 cm³/mol. The van der Waals surface area contributed by atoms with E-state index in [1.54, 1.807) is 18.3 Å². The van der Waals surface area contributed by atoms with Crippen LogP contribution >= 0.6 is 11.3 Å². The SMILES string of the molecule is CC(c1nccs1)n1c(=O)[nH]c2cccc(C(=O)O)c21. The van der Waals surface area contributed by atoms with Gasteiger partial charge in [0.25, 0.3) is 0 Å². The Kier molecular flexibility index (Phi) is 2.90. The normalized spacial score (nSPS) is 12.7. The van der Waals surface area contributed by atoms with Crippen molar-refractivity contribution < 1.29 is 9.90 Å². The van der Waals surface area contributed by atoms with Gasteiger partial charge in [-0.3, -0.25) is 4.57 Å². The van der Waals surface area contributed by atoms with Gasteiger partial charge in [0.15, 0.2) is 0 Å². The number of rotatable bonds is 3. The molecule has 1 aromatic carbocycles. The van der Waals surface area contributed by atoms with Crippen LogP contribution in [0, 0.1) is 0 Å². The maximum Gasteiger partial charge on any atom is 0.337 e. The van der Waals surface area contributed by atoms with Crippen molar-refractivity contribution >= 4 is 28.3 Å². The van der Waals surface area contributed by atoms with Crippen LogP contribution in [0.2, 0.25) is 0 Å². The maximum atomic E-state index is 12.1. The summed E-state index contributed by atoms with van der Waals surface area (Å²) in [5.41, 5.74) is 0.673. The number of aromatic nitrogens is 3. The third-order valence-corrected chi connectivity index (χ3v) is 4.11. The van der Waals surface area contributed by atoms with Gasteiger partial charge in [-0.25, -0.2) is 14.6 Å². The van der Waals surface area contributed by atoms with E-state index in [0.717, 1.165) is 5.01 Å². The standard InChI is InChI=1S/C13H11N3O3S/c1-7(11-14-5-6-20-11)16-10-8(12(17)18)3-2-4-9(10)15-13(16)19/h2-7H,1H3,(H,15,19)(H,17,18). The minimum Gasteiger partial charge on any atom is -0.478 e. The Bertz CT molecular complexity index is 832. The number of hydrogen-bond acceptors (Lipinski definition) is 4. The van der Waals surface area contributed by atoms with Gasteiger partial charge in [-0.15, -0.1) is 11.3 Å². The molecule has 0 aliphatic carbocycles. The molecule has 0 bridgehead atoms. The molecule has 0 fully saturated rings. The van der Waals surface area contributed by atoms with Gasteiger partial charge in [0.2, 0.25) is 0 Å². The van der Waals surface area contributed by atoms with E-state index < -0.39 is 5.97 Å². The molecule has 1 atom stereocenters. The summed E-state index contributed by atoms with van der Waals surface area (Å²) < 4.78 is 1.44.